The summed E-state index contributed by atoms with van der Waals surface area (Å²) >= 11 is 0. The quantitative estimate of drug-likeness (QED) is 0.860. The van der Waals surface area contributed by atoms with Crippen molar-refractivity contribution in [1.82, 2.24) is 0 Å². The molecule has 1 saturated heterocycles. The largest absolute Gasteiger partial charge is 0.399 e. The van der Waals surface area contributed by atoms with E-state index in [0.29, 0.717) is 17.9 Å². The lowest BCUT2D eigenvalue weighted by molar-refractivity contribution is -0.118. The van der Waals surface area contributed by atoms with Crippen LogP contribution in [0, 0.1) is 0 Å². The number of imide groups is 1. The summed E-state index contributed by atoms with van der Waals surface area (Å²) in [6.45, 7) is 0.389. The number of amides is 3. The Morgan fingerprint density at radius 2 is 1.62 bits per heavy atom. The van der Waals surface area contributed by atoms with Gasteiger partial charge in [0.05, 0.1) is 5.69 Å². The fourth-order valence-corrected chi connectivity index (χ4v) is 2.41. The van der Waals surface area contributed by atoms with Gasteiger partial charge in [0.2, 0.25) is 5.91 Å². The van der Waals surface area contributed by atoms with Crippen molar-refractivity contribution in [2.24, 2.45) is 0 Å². The van der Waals surface area contributed by atoms with E-state index < -0.39 is 0 Å². The third-order valence-electron chi connectivity index (χ3n) is 3.42. The van der Waals surface area contributed by atoms with Gasteiger partial charge in [-0.2, -0.15) is 0 Å². The lowest BCUT2D eigenvalue weighted by atomic mass is 10.2. The Morgan fingerprint density at radius 3 is 2.33 bits per heavy atom. The van der Waals surface area contributed by atoms with Crippen LogP contribution in [0.2, 0.25) is 0 Å². The van der Waals surface area contributed by atoms with Crippen molar-refractivity contribution >= 4 is 29.0 Å². The Hall–Kier alpha value is -2.82. The van der Waals surface area contributed by atoms with E-state index in [-0.39, 0.29) is 18.4 Å². The molecule has 0 bridgehead atoms. The Labute approximate surface area is 122 Å². The molecule has 21 heavy (non-hydrogen) atoms. The molecule has 0 atom stereocenters. The van der Waals surface area contributed by atoms with E-state index in [9.17, 15) is 9.59 Å². The maximum atomic E-state index is 12.6. The van der Waals surface area contributed by atoms with Gasteiger partial charge in [-0.3, -0.25) is 9.69 Å². The van der Waals surface area contributed by atoms with Gasteiger partial charge in [-0.15, -0.1) is 0 Å². The first-order valence-electron chi connectivity index (χ1n) is 6.72. The molecule has 3 rings (SSSR count). The lowest BCUT2D eigenvalue weighted by Crippen LogP contribution is -2.52. The number of urea groups is 1. The number of hydrogen-bond donors (Lipinski definition) is 1. The maximum absolute atomic E-state index is 12.6. The van der Waals surface area contributed by atoms with Gasteiger partial charge in [-0.05, 0) is 30.3 Å². The van der Waals surface area contributed by atoms with Crippen LogP contribution >= 0.6 is 0 Å². The van der Waals surface area contributed by atoms with Crippen molar-refractivity contribution in [2.45, 2.75) is 6.42 Å². The zero-order valence-corrected chi connectivity index (χ0v) is 11.4. The Morgan fingerprint density at radius 1 is 0.905 bits per heavy atom. The van der Waals surface area contributed by atoms with E-state index in [1.165, 1.54) is 4.90 Å². The van der Waals surface area contributed by atoms with Crippen molar-refractivity contribution < 1.29 is 9.59 Å². The van der Waals surface area contributed by atoms with Crippen LogP contribution in [0.5, 0.6) is 0 Å². The molecular weight excluding hydrogens is 266 g/mol. The van der Waals surface area contributed by atoms with Crippen LogP contribution in [-0.2, 0) is 4.79 Å². The number of carbonyl (C=O) groups is 2. The molecule has 1 fully saturated rings. The van der Waals surface area contributed by atoms with Crippen LogP contribution < -0.4 is 15.5 Å². The third-order valence-corrected chi connectivity index (χ3v) is 3.42. The molecule has 0 unspecified atom stereocenters. The van der Waals surface area contributed by atoms with Gasteiger partial charge in [-0.25, -0.2) is 9.69 Å². The van der Waals surface area contributed by atoms with Gasteiger partial charge in [0.15, 0.2) is 0 Å². The summed E-state index contributed by atoms with van der Waals surface area (Å²) in [6, 6.07) is 15.8. The number of para-hydroxylation sites is 1. The molecule has 1 heterocycles. The van der Waals surface area contributed by atoms with Gasteiger partial charge in [0, 0.05) is 24.3 Å². The summed E-state index contributed by atoms with van der Waals surface area (Å²) in [7, 11) is 0. The molecule has 0 saturated carbocycles. The van der Waals surface area contributed by atoms with E-state index in [4.69, 9.17) is 5.73 Å². The van der Waals surface area contributed by atoms with Crippen LogP contribution in [-0.4, -0.2) is 18.5 Å². The summed E-state index contributed by atoms with van der Waals surface area (Å²) in [4.78, 5) is 27.6. The molecule has 0 aliphatic carbocycles. The number of rotatable bonds is 2. The molecule has 2 aromatic rings. The molecule has 3 amide bonds. The van der Waals surface area contributed by atoms with E-state index in [1.807, 2.05) is 30.3 Å². The number of benzene rings is 2. The van der Waals surface area contributed by atoms with E-state index in [1.54, 1.807) is 29.2 Å². The smallest absolute Gasteiger partial charge is 0.335 e. The first kappa shape index (κ1) is 13.2. The van der Waals surface area contributed by atoms with Crippen molar-refractivity contribution in [3.8, 4) is 0 Å². The standard InChI is InChI=1S/C16H15N3O2/c17-12-5-4-8-14(11-12)19-15(20)9-10-18(16(19)21)13-6-2-1-3-7-13/h1-8,11H,9-10,17H2. The predicted octanol–water partition coefficient (Wildman–Crippen LogP) is 2.63. The topological polar surface area (TPSA) is 66.6 Å². The monoisotopic (exact) mass is 281 g/mol. The van der Waals surface area contributed by atoms with Gasteiger partial charge in [0.1, 0.15) is 0 Å². The second-order valence-corrected chi connectivity index (χ2v) is 4.84. The average Bonchev–Trinajstić information content (AvgIpc) is 2.48. The molecule has 1 aliphatic rings. The summed E-state index contributed by atoms with van der Waals surface area (Å²) in [5, 5.41) is 0. The number of hydrogen-bond acceptors (Lipinski definition) is 3. The molecule has 0 radical (unpaired) electrons. The second kappa shape index (κ2) is 5.28. The minimum absolute atomic E-state index is 0.210. The highest BCUT2D eigenvalue weighted by Gasteiger charge is 2.33. The minimum atomic E-state index is -0.344. The predicted molar refractivity (Wildman–Crippen MR) is 82.1 cm³/mol. The average molecular weight is 281 g/mol. The fraction of sp³-hybridized carbons (Fsp3) is 0.125. The number of nitrogens with zero attached hydrogens (tertiary/aromatic N) is 2. The highest BCUT2D eigenvalue weighted by Crippen LogP contribution is 2.26. The number of carbonyl (C=O) groups excluding carboxylic acids is 2. The number of nitrogens with two attached hydrogens (primary N) is 1. The first-order chi connectivity index (χ1) is 10.2. The van der Waals surface area contributed by atoms with Crippen LogP contribution in [0.3, 0.4) is 0 Å². The van der Waals surface area contributed by atoms with Gasteiger partial charge in [-0.1, -0.05) is 24.3 Å². The molecule has 5 nitrogen and oxygen atoms in total. The number of nitrogen functional groups attached to an aromatic ring is 1. The number of anilines is 3. The molecular formula is C16H15N3O2. The molecule has 2 N–H and O–H groups in total. The summed E-state index contributed by atoms with van der Waals surface area (Å²) < 4.78 is 0. The Bertz CT molecular complexity index is 685. The Balaban J connectivity index is 1.96. The summed E-state index contributed by atoms with van der Waals surface area (Å²) in [5.74, 6) is -0.210. The Kier molecular flexibility index (Phi) is 3.31. The van der Waals surface area contributed by atoms with Gasteiger partial charge in [0.25, 0.3) is 0 Å². The van der Waals surface area contributed by atoms with E-state index in [0.717, 1.165) is 5.69 Å². The summed E-state index contributed by atoms with van der Waals surface area (Å²) in [5.41, 5.74) is 7.54. The van der Waals surface area contributed by atoms with Gasteiger partial charge >= 0.3 is 6.03 Å². The zero-order chi connectivity index (χ0) is 14.8. The molecule has 1 aliphatic heterocycles. The maximum Gasteiger partial charge on any atom is 0.335 e. The molecule has 2 aromatic carbocycles. The highest BCUT2D eigenvalue weighted by molar-refractivity contribution is 6.21. The molecule has 106 valence electrons. The third kappa shape index (κ3) is 2.45. The van der Waals surface area contributed by atoms with E-state index >= 15 is 0 Å². The minimum Gasteiger partial charge on any atom is -0.399 e. The molecule has 0 aromatic heterocycles. The fourth-order valence-electron chi connectivity index (χ4n) is 2.41. The van der Waals surface area contributed by atoms with Gasteiger partial charge < -0.3 is 5.73 Å². The van der Waals surface area contributed by atoms with Crippen molar-refractivity contribution in [2.75, 3.05) is 22.1 Å². The van der Waals surface area contributed by atoms with Crippen molar-refractivity contribution in [3.05, 3.63) is 54.6 Å². The SMILES string of the molecule is Nc1cccc(N2C(=O)CCN(c3ccccc3)C2=O)c1. The molecule has 5 heteroatoms. The second-order valence-electron chi connectivity index (χ2n) is 4.84. The van der Waals surface area contributed by atoms with Crippen LogP contribution in [0.4, 0.5) is 21.9 Å². The van der Waals surface area contributed by atoms with Crippen LogP contribution in [0.15, 0.2) is 54.6 Å². The lowest BCUT2D eigenvalue weighted by Gasteiger charge is -2.34. The summed E-state index contributed by atoms with van der Waals surface area (Å²) in [6.07, 6.45) is 0.287. The zero-order valence-electron chi connectivity index (χ0n) is 11.4. The van der Waals surface area contributed by atoms with E-state index in [2.05, 4.69) is 0 Å². The molecule has 0 spiro atoms. The van der Waals surface area contributed by atoms with Crippen molar-refractivity contribution in [1.29, 1.82) is 0 Å². The normalized spacial score (nSPS) is 15.4. The van der Waals surface area contributed by atoms with Crippen LogP contribution in [0.1, 0.15) is 6.42 Å². The van der Waals surface area contributed by atoms with Crippen LogP contribution in [0.25, 0.3) is 0 Å². The highest BCUT2D eigenvalue weighted by atomic mass is 16.2. The van der Waals surface area contributed by atoms with Crippen molar-refractivity contribution in [3.63, 3.8) is 0 Å². The first-order valence-corrected chi connectivity index (χ1v) is 6.72.